The maximum atomic E-state index is 12.6. The summed E-state index contributed by atoms with van der Waals surface area (Å²) in [5.41, 5.74) is 2.48. The van der Waals surface area contributed by atoms with E-state index < -0.39 is 5.97 Å². The van der Waals surface area contributed by atoms with Crippen LogP contribution in [-0.2, 0) is 16.1 Å². The van der Waals surface area contributed by atoms with Gasteiger partial charge in [0.05, 0.1) is 29.9 Å². The molecule has 1 saturated heterocycles. The molecule has 1 aliphatic rings. The number of para-hydroxylation sites is 1. The Bertz CT molecular complexity index is 1340. The second-order valence-electron chi connectivity index (χ2n) is 7.54. The smallest absolute Gasteiger partial charge is 0.340 e. The third-order valence-corrected chi connectivity index (χ3v) is 6.22. The molecule has 0 spiro atoms. The van der Waals surface area contributed by atoms with Gasteiger partial charge in [0.15, 0.2) is 16.7 Å². The van der Waals surface area contributed by atoms with E-state index in [0.29, 0.717) is 51.1 Å². The van der Waals surface area contributed by atoms with Crippen molar-refractivity contribution < 1.29 is 23.8 Å². The van der Waals surface area contributed by atoms with Gasteiger partial charge in [-0.1, -0.05) is 41.9 Å². The van der Waals surface area contributed by atoms with E-state index in [0.717, 1.165) is 11.1 Å². The first-order valence-corrected chi connectivity index (χ1v) is 12.3. The first-order valence-electron chi connectivity index (χ1n) is 11.1. The number of thioether (sulfide) groups is 1. The van der Waals surface area contributed by atoms with Gasteiger partial charge < -0.3 is 19.5 Å². The number of halogens is 1. The lowest BCUT2D eigenvalue weighted by Crippen LogP contribution is -2.19. The molecule has 0 bridgehead atoms. The van der Waals surface area contributed by atoms with Crippen molar-refractivity contribution in [2.24, 2.45) is 4.99 Å². The van der Waals surface area contributed by atoms with Crippen molar-refractivity contribution in [1.82, 2.24) is 5.32 Å². The third kappa shape index (κ3) is 6.27. The predicted molar refractivity (Wildman–Crippen MR) is 142 cm³/mol. The van der Waals surface area contributed by atoms with Crippen LogP contribution in [0.15, 0.2) is 76.6 Å². The molecular formula is C27H23ClN2O5S. The van der Waals surface area contributed by atoms with Gasteiger partial charge >= 0.3 is 5.97 Å². The van der Waals surface area contributed by atoms with Crippen LogP contribution in [0.3, 0.4) is 0 Å². The fraction of sp³-hybridized carbons (Fsp3) is 0.148. The molecule has 0 saturated carbocycles. The van der Waals surface area contributed by atoms with Gasteiger partial charge in [0.25, 0.3) is 5.91 Å². The number of methoxy groups -OCH3 is 1. The van der Waals surface area contributed by atoms with Crippen LogP contribution < -0.4 is 14.8 Å². The van der Waals surface area contributed by atoms with Crippen molar-refractivity contribution in [3.05, 3.63) is 93.3 Å². The molecule has 1 heterocycles. The molecule has 1 amide bonds. The Labute approximate surface area is 218 Å². The molecule has 0 unspecified atom stereocenters. The fourth-order valence-corrected chi connectivity index (χ4v) is 4.30. The highest BCUT2D eigenvalue weighted by molar-refractivity contribution is 8.18. The van der Waals surface area contributed by atoms with Crippen molar-refractivity contribution in [2.45, 2.75) is 13.5 Å². The van der Waals surface area contributed by atoms with Gasteiger partial charge in [0, 0.05) is 5.02 Å². The lowest BCUT2D eigenvalue weighted by Gasteiger charge is -2.13. The highest BCUT2D eigenvalue weighted by Gasteiger charge is 2.25. The van der Waals surface area contributed by atoms with Gasteiger partial charge in [-0.05, 0) is 72.3 Å². The van der Waals surface area contributed by atoms with Gasteiger partial charge in [0.1, 0.15) is 6.61 Å². The number of aliphatic imine (C=N–C) groups is 1. The second-order valence-corrected chi connectivity index (χ2v) is 9.01. The van der Waals surface area contributed by atoms with Crippen LogP contribution in [0, 0.1) is 0 Å². The van der Waals surface area contributed by atoms with Crippen LogP contribution in [0.2, 0.25) is 5.02 Å². The highest BCUT2D eigenvalue weighted by atomic mass is 35.5. The second kappa shape index (κ2) is 11.8. The number of carbonyl (C=O) groups is 2. The summed E-state index contributed by atoms with van der Waals surface area (Å²) in [4.78, 5) is 29.5. The topological polar surface area (TPSA) is 86.2 Å². The number of hydrogen-bond donors (Lipinski definition) is 1. The summed E-state index contributed by atoms with van der Waals surface area (Å²) in [6.07, 6.45) is 1.75. The van der Waals surface area contributed by atoms with Crippen LogP contribution in [0.25, 0.3) is 6.08 Å². The number of amidine groups is 1. The molecule has 0 atom stereocenters. The maximum absolute atomic E-state index is 12.6. The van der Waals surface area contributed by atoms with Gasteiger partial charge in [-0.25, -0.2) is 9.79 Å². The first kappa shape index (κ1) is 25.3. The third-order valence-electron chi connectivity index (χ3n) is 5.06. The SMILES string of the molecule is CCOc1cc(/C=C2\SC(=Nc3ccccc3C(=O)OC)NC2=O)ccc1OCc1ccc(Cl)cc1. The monoisotopic (exact) mass is 522 g/mol. The summed E-state index contributed by atoms with van der Waals surface area (Å²) < 4.78 is 16.5. The predicted octanol–water partition coefficient (Wildman–Crippen LogP) is 6.00. The van der Waals surface area contributed by atoms with Crippen LogP contribution >= 0.6 is 23.4 Å². The van der Waals surface area contributed by atoms with Gasteiger partial charge in [-0.15, -0.1) is 0 Å². The number of amides is 1. The van der Waals surface area contributed by atoms with Crippen LogP contribution in [0.4, 0.5) is 5.69 Å². The number of nitrogens with zero attached hydrogens (tertiary/aromatic N) is 1. The summed E-state index contributed by atoms with van der Waals surface area (Å²) in [5.74, 6) is 0.390. The molecule has 1 N–H and O–H groups in total. The van der Waals surface area contributed by atoms with E-state index in [4.69, 9.17) is 25.8 Å². The number of ether oxygens (including phenoxy) is 3. The fourth-order valence-electron chi connectivity index (χ4n) is 3.34. The first-order chi connectivity index (χ1) is 17.5. The minimum Gasteiger partial charge on any atom is -0.490 e. The summed E-state index contributed by atoms with van der Waals surface area (Å²) in [5, 5.41) is 3.78. The Morgan fingerprint density at radius 3 is 2.58 bits per heavy atom. The molecule has 0 radical (unpaired) electrons. The number of nitrogens with one attached hydrogen (secondary N) is 1. The Kier molecular flexibility index (Phi) is 8.30. The molecule has 184 valence electrons. The van der Waals surface area contributed by atoms with Crippen LogP contribution in [0.1, 0.15) is 28.4 Å². The summed E-state index contributed by atoms with van der Waals surface area (Å²) in [7, 11) is 1.31. The normalized spacial score (nSPS) is 15.1. The number of benzene rings is 3. The standard InChI is InChI=1S/C27H23ClN2O5S/c1-3-34-23-14-18(10-13-22(23)35-16-17-8-11-19(28)12-9-17)15-24-25(31)30-27(36-24)29-21-7-5-4-6-20(21)26(32)33-2/h4-15H,3,16H2,1-2H3,(H,29,30,31)/b24-15-. The zero-order chi connectivity index (χ0) is 25.5. The summed E-state index contributed by atoms with van der Waals surface area (Å²) in [6.45, 7) is 2.72. The van der Waals surface area contributed by atoms with E-state index in [1.54, 1.807) is 30.3 Å². The Morgan fingerprint density at radius 2 is 1.83 bits per heavy atom. The van der Waals surface area contributed by atoms with Gasteiger partial charge in [-0.3, -0.25) is 4.79 Å². The van der Waals surface area contributed by atoms with Crippen molar-refractivity contribution in [2.75, 3.05) is 13.7 Å². The molecule has 3 aromatic rings. The van der Waals surface area contributed by atoms with Gasteiger partial charge in [-0.2, -0.15) is 0 Å². The molecule has 9 heteroatoms. The van der Waals surface area contributed by atoms with E-state index >= 15 is 0 Å². The molecule has 0 aromatic heterocycles. The van der Waals surface area contributed by atoms with E-state index in [2.05, 4.69) is 10.3 Å². The van der Waals surface area contributed by atoms with E-state index in [1.807, 2.05) is 49.4 Å². The maximum Gasteiger partial charge on any atom is 0.340 e. The van der Waals surface area contributed by atoms with Crippen molar-refractivity contribution >= 4 is 52.2 Å². The summed E-state index contributed by atoms with van der Waals surface area (Å²) in [6, 6.07) is 19.7. The van der Waals surface area contributed by atoms with Gasteiger partial charge in [0.2, 0.25) is 0 Å². The molecule has 7 nitrogen and oxygen atoms in total. The average molecular weight is 523 g/mol. The molecule has 1 fully saturated rings. The Morgan fingerprint density at radius 1 is 1.06 bits per heavy atom. The van der Waals surface area contributed by atoms with Crippen LogP contribution in [-0.4, -0.2) is 30.8 Å². The molecule has 4 rings (SSSR count). The highest BCUT2D eigenvalue weighted by Crippen LogP contribution is 2.33. The molecule has 1 aliphatic heterocycles. The number of esters is 1. The number of rotatable bonds is 8. The molecular weight excluding hydrogens is 500 g/mol. The van der Waals surface area contributed by atoms with Crippen molar-refractivity contribution in [1.29, 1.82) is 0 Å². The zero-order valence-corrected chi connectivity index (χ0v) is 21.2. The minimum atomic E-state index is -0.498. The Balaban J connectivity index is 1.52. The van der Waals surface area contributed by atoms with Crippen molar-refractivity contribution in [3.63, 3.8) is 0 Å². The quantitative estimate of drug-likeness (QED) is 0.288. The Hall–Kier alpha value is -3.75. The lowest BCUT2D eigenvalue weighted by atomic mass is 10.2. The van der Waals surface area contributed by atoms with E-state index in [-0.39, 0.29) is 5.91 Å². The molecule has 36 heavy (non-hydrogen) atoms. The largest absolute Gasteiger partial charge is 0.490 e. The molecule has 3 aromatic carbocycles. The van der Waals surface area contributed by atoms with Crippen molar-refractivity contribution in [3.8, 4) is 11.5 Å². The van der Waals surface area contributed by atoms with Crippen LogP contribution in [0.5, 0.6) is 11.5 Å². The summed E-state index contributed by atoms with van der Waals surface area (Å²) >= 11 is 7.13. The minimum absolute atomic E-state index is 0.282. The average Bonchev–Trinajstić information content (AvgIpc) is 3.22. The number of hydrogen-bond acceptors (Lipinski definition) is 7. The van der Waals surface area contributed by atoms with E-state index in [1.165, 1.54) is 18.9 Å². The number of carbonyl (C=O) groups excluding carboxylic acids is 2. The lowest BCUT2D eigenvalue weighted by molar-refractivity contribution is -0.115. The molecule has 0 aliphatic carbocycles. The zero-order valence-electron chi connectivity index (χ0n) is 19.6. The van der Waals surface area contributed by atoms with E-state index in [9.17, 15) is 9.59 Å².